The fraction of sp³-hybridized carbons (Fsp3) is 0.722. The van der Waals surface area contributed by atoms with Gasteiger partial charge in [-0.2, -0.15) is 0 Å². The lowest BCUT2D eigenvalue weighted by Crippen LogP contribution is -2.68. The van der Waals surface area contributed by atoms with E-state index < -0.39 is 0 Å². The average Bonchev–Trinajstić information content (AvgIpc) is 2.45. The summed E-state index contributed by atoms with van der Waals surface area (Å²) < 4.78 is 0. The lowest BCUT2D eigenvalue weighted by molar-refractivity contribution is 0.00478. The van der Waals surface area contributed by atoms with E-state index in [1.54, 1.807) is 0 Å². The van der Waals surface area contributed by atoms with Crippen LogP contribution in [0, 0.1) is 6.92 Å². The number of rotatable bonds is 2. The highest BCUT2D eigenvalue weighted by Gasteiger charge is 2.42. The molecule has 1 N–H and O–H groups in total. The summed E-state index contributed by atoms with van der Waals surface area (Å²) in [5.74, 6) is 0. The molecule has 1 aliphatic carbocycles. The summed E-state index contributed by atoms with van der Waals surface area (Å²) in [4.78, 5) is 7.03. The van der Waals surface area contributed by atoms with Crippen molar-refractivity contribution in [1.29, 1.82) is 0 Å². The van der Waals surface area contributed by atoms with Crippen LogP contribution in [0.5, 0.6) is 0 Å². The summed E-state index contributed by atoms with van der Waals surface area (Å²) in [6.45, 7) is 10.1. The normalized spacial score (nSPS) is 25.1. The number of nitrogens with zero attached hydrogens (tertiary/aromatic N) is 2. The van der Waals surface area contributed by atoms with Crippen molar-refractivity contribution in [3.63, 3.8) is 0 Å². The van der Waals surface area contributed by atoms with Crippen molar-refractivity contribution in [2.75, 3.05) is 13.1 Å². The number of aromatic nitrogens is 1. The van der Waals surface area contributed by atoms with Gasteiger partial charge in [-0.25, -0.2) is 0 Å². The third kappa shape index (κ3) is 3.29. The maximum Gasteiger partial charge on any atom is 0.0313 e. The maximum atomic E-state index is 4.36. The van der Waals surface area contributed by atoms with Crippen LogP contribution in [0.25, 0.3) is 0 Å². The molecule has 1 aliphatic heterocycles. The molecular weight excluding hydrogens is 258 g/mol. The smallest absolute Gasteiger partial charge is 0.0313 e. The quantitative estimate of drug-likeness (QED) is 0.905. The van der Waals surface area contributed by atoms with Gasteiger partial charge in [0.15, 0.2) is 0 Å². The summed E-state index contributed by atoms with van der Waals surface area (Å²) in [6.07, 6.45) is 10.8. The van der Waals surface area contributed by atoms with E-state index in [1.165, 1.54) is 49.8 Å². The monoisotopic (exact) mass is 287 g/mol. The van der Waals surface area contributed by atoms with Crippen LogP contribution in [-0.4, -0.2) is 34.1 Å². The minimum absolute atomic E-state index is 0.215. The molecule has 3 rings (SSSR count). The SMILES string of the molecule is Cc1cncc(CN2CC3(CCCCC3)NCC2(C)C)c1. The molecular formula is C18H29N3. The van der Waals surface area contributed by atoms with E-state index in [4.69, 9.17) is 0 Å². The molecule has 2 aliphatic rings. The summed E-state index contributed by atoms with van der Waals surface area (Å²) >= 11 is 0. The highest BCUT2D eigenvalue weighted by Crippen LogP contribution is 2.35. The number of nitrogens with one attached hydrogen (secondary N) is 1. The molecule has 3 nitrogen and oxygen atoms in total. The molecule has 3 heteroatoms. The standard InChI is InChI=1S/C18H29N3/c1-15-9-16(11-19-10-15)12-21-14-18(7-5-4-6-8-18)20-13-17(21,2)3/h9-11,20H,4-8,12-14H2,1-3H3. The molecule has 21 heavy (non-hydrogen) atoms. The Bertz CT molecular complexity index is 489. The Kier molecular flexibility index (Phi) is 4.06. The minimum atomic E-state index is 0.215. The fourth-order valence-corrected chi connectivity index (χ4v) is 3.91. The van der Waals surface area contributed by atoms with E-state index in [-0.39, 0.29) is 5.54 Å². The van der Waals surface area contributed by atoms with Gasteiger partial charge in [-0.15, -0.1) is 0 Å². The van der Waals surface area contributed by atoms with Gasteiger partial charge < -0.3 is 5.32 Å². The van der Waals surface area contributed by atoms with Gasteiger partial charge in [-0.1, -0.05) is 25.3 Å². The molecule has 0 amide bonds. The van der Waals surface area contributed by atoms with Crippen LogP contribution in [0.2, 0.25) is 0 Å². The Labute approximate surface area is 129 Å². The van der Waals surface area contributed by atoms with Crippen LogP contribution in [0.1, 0.15) is 57.1 Å². The molecule has 1 saturated carbocycles. The molecule has 1 aromatic rings. The predicted molar refractivity (Wildman–Crippen MR) is 87.3 cm³/mol. The molecule has 116 valence electrons. The largest absolute Gasteiger partial charge is 0.308 e. The highest BCUT2D eigenvalue weighted by molar-refractivity contribution is 5.17. The van der Waals surface area contributed by atoms with E-state index >= 15 is 0 Å². The number of pyridine rings is 1. The number of aryl methyl sites for hydroxylation is 1. The van der Waals surface area contributed by atoms with Crippen molar-refractivity contribution in [2.45, 2.75) is 70.5 Å². The lowest BCUT2D eigenvalue weighted by Gasteiger charge is -2.53. The van der Waals surface area contributed by atoms with Gasteiger partial charge >= 0.3 is 0 Å². The highest BCUT2D eigenvalue weighted by atomic mass is 15.3. The molecule has 1 aromatic heterocycles. The number of hydrogen-bond donors (Lipinski definition) is 1. The Hall–Kier alpha value is -0.930. The molecule has 0 aromatic carbocycles. The summed E-state index contributed by atoms with van der Waals surface area (Å²) in [6, 6.07) is 2.28. The predicted octanol–water partition coefficient (Wildman–Crippen LogP) is 3.28. The van der Waals surface area contributed by atoms with Crippen LogP contribution in [0.4, 0.5) is 0 Å². The molecule has 0 unspecified atom stereocenters. The van der Waals surface area contributed by atoms with Crippen molar-refractivity contribution in [1.82, 2.24) is 15.2 Å². The first-order valence-corrected chi connectivity index (χ1v) is 8.40. The van der Waals surface area contributed by atoms with Crippen LogP contribution in [0.15, 0.2) is 18.5 Å². The van der Waals surface area contributed by atoms with E-state index in [1.807, 2.05) is 12.4 Å². The second-order valence-electron chi connectivity index (χ2n) is 7.73. The van der Waals surface area contributed by atoms with Gasteiger partial charge in [-0.3, -0.25) is 9.88 Å². The van der Waals surface area contributed by atoms with Crippen molar-refractivity contribution >= 4 is 0 Å². The number of hydrogen-bond acceptors (Lipinski definition) is 3. The van der Waals surface area contributed by atoms with Crippen molar-refractivity contribution in [3.8, 4) is 0 Å². The van der Waals surface area contributed by atoms with E-state index in [0.717, 1.165) is 13.1 Å². The van der Waals surface area contributed by atoms with Crippen LogP contribution in [-0.2, 0) is 6.54 Å². The van der Waals surface area contributed by atoms with Crippen LogP contribution >= 0.6 is 0 Å². The Morgan fingerprint density at radius 3 is 2.67 bits per heavy atom. The van der Waals surface area contributed by atoms with Crippen molar-refractivity contribution in [2.24, 2.45) is 0 Å². The third-order valence-corrected chi connectivity index (χ3v) is 5.36. The van der Waals surface area contributed by atoms with E-state index in [0.29, 0.717) is 5.54 Å². The first-order valence-electron chi connectivity index (χ1n) is 8.40. The molecule has 2 heterocycles. The zero-order chi connectivity index (χ0) is 14.9. The van der Waals surface area contributed by atoms with Crippen LogP contribution in [0.3, 0.4) is 0 Å². The first kappa shape index (κ1) is 15.0. The van der Waals surface area contributed by atoms with Gasteiger partial charge in [0, 0.05) is 43.1 Å². The Morgan fingerprint density at radius 1 is 1.19 bits per heavy atom. The molecule has 2 fully saturated rings. The van der Waals surface area contributed by atoms with Gasteiger partial charge in [0.2, 0.25) is 0 Å². The van der Waals surface area contributed by atoms with E-state index in [2.05, 4.69) is 42.0 Å². The van der Waals surface area contributed by atoms with Gasteiger partial charge in [-0.05, 0) is 44.7 Å². The zero-order valence-corrected chi connectivity index (χ0v) is 13.8. The zero-order valence-electron chi connectivity index (χ0n) is 13.8. The first-order chi connectivity index (χ1) is 9.99. The summed E-state index contributed by atoms with van der Waals surface area (Å²) in [5.41, 5.74) is 3.18. The topological polar surface area (TPSA) is 28.2 Å². The van der Waals surface area contributed by atoms with Gasteiger partial charge in [0.05, 0.1) is 0 Å². The van der Waals surface area contributed by atoms with Crippen LogP contribution < -0.4 is 5.32 Å². The Morgan fingerprint density at radius 2 is 1.95 bits per heavy atom. The lowest BCUT2D eigenvalue weighted by atomic mass is 9.77. The van der Waals surface area contributed by atoms with Crippen molar-refractivity contribution < 1.29 is 0 Å². The summed E-state index contributed by atoms with van der Waals surface area (Å²) in [7, 11) is 0. The third-order valence-electron chi connectivity index (χ3n) is 5.36. The molecule has 0 atom stereocenters. The fourth-order valence-electron chi connectivity index (χ4n) is 3.91. The maximum absolute atomic E-state index is 4.36. The Balaban J connectivity index is 1.77. The van der Waals surface area contributed by atoms with Gasteiger partial charge in [0.25, 0.3) is 0 Å². The molecule has 0 bridgehead atoms. The summed E-state index contributed by atoms with van der Waals surface area (Å²) in [5, 5.41) is 3.89. The molecule has 1 saturated heterocycles. The van der Waals surface area contributed by atoms with Gasteiger partial charge in [0.1, 0.15) is 0 Å². The minimum Gasteiger partial charge on any atom is -0.308 e. The van der Waals surface area contributed by atoms with Crippen molar-refractivity contribution in [3.05, 3.63) is 29.6 Å². The second kappa shape index (κ2) is 5.69. The molecule has 1 spiro atoms. The van der Waals surface area contributed by atoms with E-state index in [9.17, 15) is 0 Å². The average molecular weight is 287 g/mol. The number of piperazine rings is 1. The second-order valence-corrected chi connectivity index (χ2v) is 7.73. The molecule has 0 radical (unpaired) electrons.